The van der Waals surface area contributed by atoms with E-state index in [2.05, 4.69) is 48.8 Å². The third-order valence-electron chi connectivity index (χ3n) is 8.79. The van der Waals surface area contributed by atoms with E-state index in [1.807, 2.05) is 60.4 Å². The molecule has 2 aliphatic rings. The number of benzene rings is 3. The van der Waals surface area contributed by atoms with Crippen LogP contribution >= 0.6 is 35.6 Å². The zero-order valence-electron chi connectivity index (χ0n) is 28.2. The number of hydrogen-bond donors (Lipinski definition) is 0. The van der Waals surface area contributed by atoms with E-state index in [0.29, 0.717) is 55.2 Å². The topological polar surface area (TPSA) is 82.5 Å². The van der Waals surface area contributed by atoms with Crippen LogP contribution in [0.3, 0.4) is 0 Å². The summed E-state index contributed by atoms with van der Waals surface area (Å²) in [5.74, 6) is 1.51. The van der Waals surface area contributed by atoms with Crippen molar-refractivity contribution in [3.8, 4) is 5.75 Å². The van der Waals surface area contributed by atoms with Gasteiger partial charge in [0.05, 0.1) is 30.5 Å². The molecule has 0 bridgehead atoms. The second-order valence-electron chi connectivity index (χ2n) is 13.3. The molecule has 12 heteroatoms. The lowest BCUT2D eigenvalue weighted by molar-refractivity contribution is -0.133. The van der Waals surface area contributed by atoms with Crippen molar-refractivity contribution in [3.05, 3.63) is 99.0 Å². The number of nitrogens with zero attached hydrogens (tertiary/aromatic N) is 4. The molecule has 3 aromatic carbocycles. The molecule has 0 N–H and O–H groups in total. The van der Waals surface area contributed by atoms with Gasteiger partial charge in [-0.25, -0.2) is 8.42 Å². The molecule has 1 amide bonds. The van der Waals surface area contributed by atoms with E-state index in [4.69, 9.17) is 32.9 Å². The lowest BCUT2D eigenvalue weighted by Crippen LogP contribution is -2.52. The number of amidine groups is 1. The van der Waals surface area contributed by atoms with E-state index in [1.54, 1.807) is 0 Å². The molecule has 8 nitrogen and oxygen atoms in total. The van der Waals surface area contributed by atoms with Crippen molar-refractivity contribution >= 4 is 57.2 Å². The lowest BCUT2D eigenvalue weighted by Gasteiger charge is -2.37. The minimum atomic E-state index is -3.05. The molecule has 5 rings (SSSR count). The second kappa shape index (κ2) is 15.8. The molecule has 2 atom stereocenters. The number of aliphatic imine (C=N–C) groups is 1. The van der Waals surface area contributed by atoms with E-state index in [-0.39, 0.29) is 48.1 Å². The van der Waals surface area contributed by atoms with Gasteiger partial charge in [0.2, 0.25) is 5.91 Å². The number of hydrogen-bond acceptors (Lipinski definition) is 7. The summed E-state index contributed by atoms with van der Waals surface area (Å²) in [6.45, 7) is 11.8. The first-order chi connectivity index (χ1) is 22.2. The van der Waals surface area contributed by atoms with Crippen LogP contribution in [-0.4, -0.2) is 92.7 Å². The third-order valence-corrected chi connectivity index (χ3v) is 10.2. The Balaban J connectivity index is 0.00000520. The van der Waals surface area contributed by atoms with Gasteiger partial charge < -0.3 is 14.5 Å². The van der Waals surface area contributed by atoms with Crippen LogP contribution in [0.4, 0.5) is 0 Å². The van der Waals surface area contributed by atoms with Crippen LogP contribution in [0, 0.1) is 0 Å². The SMILES string of the molecule is CCOc1cc(C(C)(C)C)ccc1C1=N[C@@H](c2ccc(Cl)cc2)[C@@H](c2ccc(Cl)cc2)N1CC(=O)N1CCN(CCS(C)(=O)=O)CC1.Cl. The summed E-state index contributed by atoms with van der Waals surface area (Å²) < 4.78 is 29.6. The molecule has 1 saturated heterocycles. The first kappa shape index (κ1) is 38.0. The monoisotopic (exact) mass is 734 g/mol. The molecular weight excluding hydrogens is 691 g/mol. The molecule has 0 unspecified atom stereocenters. The van der Waals surface area contributed by atoms with Crippen molar-refractivity contribution in [2.24, 2.45) is 4.99 Å². The predicted molar refractivity (Wildman–Crippen MR) is 198 cm³/mol. The normalized spacial score (nSPS) is 18.8. The zero-order valence-corrected chi connectivity index (χ0v) is 31.3. The van der Waals surface area contributed by atoms with E-state index in [0.717, 1.165) is 28.0 Å². The average Bonchev–Trinajstić information content (AvgIpc) is 3.39. The smallest absolute Gasteiger partial charge is 0.242 e. The Labute approximate surface area is 301 Å². The Kier molecular flexibility index (Phi) is 12.5. The summed E-state index contributed by atoms with van der Waals surface area (Å²) in [5.41, 5.74) is 3.84. The molecule has 48 heavy (non-hydrogen) atoms. The molecule has 3 aromatic rings. The van der Waals surface area contributed by atoms with Gasteiger partial charge in [0.1, 0.15) is 27.5 Å². The van der Waals surface area contributed by atoms with Crippen molar-refractivity contribution in [1.82, 2.24) is 14.7 Å². The number of sulfone groups is 1. The predicted octanol–water partition coefficient (Wildman–Crippen LogP) is 6.85. The molecule has 260 valence electrons. The van der Waals surface area contributed by atoms with E-state index >= 15 is 0 Å². The fraction of sp³-hybridized carbons (Fsp3) is 0.444. The Morgan fingerprint density at radius 3 is 2.04 bits per heavy atom. The van der Waals surface area contributed by atoms with Crippen LogP contribution in [0.1, 0.15) is 62.0 Å². The Morgan fingerprint density at radius 2 is 1.50 bits per heavy atom. The Morgan fingerprint density at radius 1 is 0.917 bits per heavy atom. The molecule has 2 heterocycles. The summed E-state index contributed by atoms with van der Waals surface area (Å²) in [5, 5.41) is 1.27. The maximum atomic E-state index is 14.1. The number of ether oxygens (including phenoxy) is 1. The Hall–Kier alpha value is -2.82. The van der Waals surface area contributed by atoms with Gasteiger partial charge in [-0.15, -0.1) is 12.4 Å². The highest BCUT2D eigenvalue weighted by atomic mass is 35.5. The van der Waals surface area contributed by atoms with Crippen LogP contribution in [0.5, 0.6) is 5.75 Å². The maximum absolute atomic E-state index is 14.1. The third kappa shape index (κ3) is 9.24. The molecule has 1 fully saturated rings. The highest BCUT2D eigenvalue weighted by molar-refractivity contribution is 7.90. The van der Waals surface area contributed by atoms with Crippen LogP contribution in [0.2, 0.25) is 10.0 Å². The second-order valence-corrected chi connectivity index (χ2v) is 16.5. The van der Waals surface area contributed by atoms with Crippen molar-refractivity contribution in [1.29, 1.82) is 0 Å². The average molecular weight is 736 g/mol. The van der Waals surface area contributed by atoms with Crippen molar-refractivity contribution in [3.63, 3.8) is 0 Å². The van der Waals surface area contributed by atoms with Gasteiger partial charge in [-0.2, -0.15) is 0 Å². The van der Waals surface area contributed by atoms with Crippen LogP contribution in [0.25, 0.3) is 0 Å². The molecule has 0 radical (unpaired) electrons. The summed E-state index contributed by atoms with van der Waals surface area (Å²) in [7, 11) is -3.05. The van der Waals surface area contributed by atoms with Gasteiger partial charge in [0.15, 0.2) is 0 Å². The molecule has 0 spiro atoms. The number of carbonyl (C=O) groups excluding carboxylic acids is 1. The van der Waals surface area contributed by atoms with Crippen molar-refractivity contribution in [2.75, 3.05) is 57.9 Å². The van der Waals surface area contributed by atoms with Gasteiger partial charge in [-0.1, -0.05) is 74.3 Å². The lowest BCUT2D eigenvalue weighted by atomic mass is 9.86. The number of piperazine rings is 1. The number of amides is 1. The van der Waals surface area contributed by atoms with Crippen molar-refractivity contribution in [2.45, 2.75) is 45.2 Å². The molecule has 0 aromatic heterocycles. The van der Waals surface area contributed by atoms with Gasteiger partial charge in [0, 0.05) is 49.0 Å². The fourth-order valence-electron chi connectivity index (χ4n) is 6.13. The van der Waals surface area contributed by atoms with Crippen LogP contribution in [0.15, 0.2) is 71.7 Å². The van der Waals surface area contributed by atoms with Gasteiger partial charge in [-0.3, -0.25) is 14.7 Å². The molecule has 2 aliphatic heterocycles. The highest BCUT2D eigenvalue weighted by Crippen LogP contribution is 2.45. The summed E-state index contributed by atoms with van der Waals surface area (Å²) in [4.78, 5) is 25.6. The van der Waals surface area contributed by atoms with Gasteiger partial charge in [0.25, 0.3) is 0 Å². The van der Waals surface area contributed by atoms with Crippen molar-refractivity contribution < 1.29 is 17.9 Å². The maximum Gasteiger partial charge on any atom is 0.242 e. The van der Waals surface area contributed by atoms with Crippen LogP contribution in [-0.2, 0) is 20.0 Å². The largest absolute Gasteiger partial charge is 0.493 e. The standard InChI is InChI=1S/C36H44Cl2N4O4S.ClH/c1-6-46-31-23-27(36(2,3)4)11-16-30(31)35-39-33(25-7-12-28(37)13-8-25)34(26-9-14-29(38)15-10-26)42(35)24-32(43)41-19-17-40(18-20-41)21-22-47(5,44)45;/h7-16,23,33-34H,6,17-22,24H2,1-5H3;1H/t33-,34+;/m0./s1. The quantitative estimate of drug-likeness (QED) is 0.227. The minimum absolute atomic E-state index is 0. The number of rotatable bonds is 10. The van der Waals surface area contributed by atoms with Crippen LogP contribution < -0.4 is 4.74 Å². The molecule has 0 saturated carbocycles. The van der Waals surface area contributed by atoms with E-state index < -0.39 is 9.84 Å². The van der Waals surface area contributed by atoms with Gasteiger partial charge >= 0.3 is 0 Å². The number of carbonyl (C=O) groups is 1. The molecular formula is C36H45Cl3N4O4S. The first-order valence-corrected chi connectivity index (χ1v) is 18.9. The van der Waals surface area contributed by atoms with E-state index in [9.17, 15) is 13.2 Å². The number of halogens is 3. The fourth-order valence-corrected chi connectivity index (χ4v) is 6.97. The summed E-state index contributed by atoms with van der Waals surface area (Å²) in [6, 6.07) is 21.1. The van der Waals surface area contributed by atoms with E-state index in [1.165, 1.54) is 6.26 Å². The zero-order chi connectivity index (χ0) is 33.9. The Bertz CT molecular complexity index is 1700. The van der Waals surface area contributed by atoms with Gasteiger partial charge in [-0.05, 0) is 65.4 Å². The summed E-state index contributed by atoms with van der Waals surface area (Å²) >= 11 is 12.6. The summed E-state index contributed by atoms with van der Waals surface area (Å²) in [6.07, 6.45) is 1.25. The first-order valence-electron chi connectivity index (χ1n) is 16.0. The minimum Gasteiger partial charge on any atom is -0.493 e. The highest BCUT2D eigenvalue weighted by Gasteiger charge is 2.41. The molecule has 0 aliphatic carbocycles.